The summed E-state index contributed by atoms with van der Waals surface area (Å²) in [6, 6.07) is 19.9. The molecule has 0 aliphatic carbocycles. The van der Waals surface area contributed by atoms with Crippen LogP contribution in [0, 0.1) is 17.1 Å². The third-order valence-corrected chi connectivity index (χ3v) is 8.86. The second-order valence-corrected chi connectivity index (χ2v) is 11.4. The SMILES string of the molecule is CCC(c1ccc(COc2cccc3c2CN([C@H]2CCC(=O)NC2=O)C3=O)cc1)N1CCN(c2ccc(C#N)cc2F)CC1. The van der Waals surface area contributed by atoms with E-state index in [0.29, 0.717) is 48.7 Å². The summed E-state index contributed by atoms with van der Waals surface area (Å²) in [7, 11) is 0. The minimum Gasteiger partial charge on any atom is -0.489 e. The Morgan fingerprint density at radius 2 is 1.82 bits per heavy atom. The highest BCUT2D eigenvalue weighted by Crippen LogP contribution is 2.34. The molecule has 9 nitrogen and oxygen atoms in total. The molecule has 10 heteroatoms. The monoisotopic (exact) mass is 595 g/mol. The van der Waals surface area contributed by atoms with Gasteiger partial charge in [0.15, 0.2) is 0 Å². The fourth-order valence-electron chi connectivity index (χ4n) is 6.50. The third-order valence-electron chi connectivity index (χ3n) is 8.86. The average Bonchev–Trinajstić information content (AvgIpc) is 3.37. The first kappa shape index (κ1) is 29.3. The van der Waals surface area contributed by atoms with Crippen molar-refractivity contribution in [2.45, 2.75) is 51.4 Å². The van der Waals surface area contributed by atoms with Crippen LogP contribution in [0.15, 0.2) is 60.7 Å². The van der Waals surface area contributed by atoms with Crippen LogP contribution in [-0.2, 0) is 22.7 Å². The number of piperidine rings is 1. The molecule has 2 atom stereocenters. The number of hydrogen-bond donors (Lipinski definition) is 1. The Morgan fingerprint density at radius 3 is 2.50 bits per heavy atom. The lowest BCUT2D eigenvalue weighted by atomic mass is 10.0. The highest BCUT2D eigenvalue weighted by atomic mass is 19.1. The number of ether oxygens (including phenoxy) is 1. The number of amides is 3. The highest BCUT2D eigenvalue weighted by Gasteiger charge is 2.40. The third kappa shape index (κ3) is 5.75. The Kier molecular flexibility index (Phi) is 8.31. The highest BCUT2D eigenvalue weighted by molar-refractivity contribution is 6.05. The van der Waals surface area contributed by atoms with Gasteiger partial charge in [-0.05, 0) is 54.3 Å². The molecule has 3 aliphatic heterocycles. The van der Waals surface area contributed by atoms with E-state index in [2.05, 4.69) is 41.4 Å². The molecule has 1 N–H and O–H groups in total. The lowest BCUT2D eigenvalue weighted by Crippen LogP contribution is -2.52. The number of piperazine rings is 1. The number of carbonyl (C=O) groups excluding carboxylic acids is 3. The van der Waals surface area contributed by atoms with Crippen molar-refractivity contribution in [3.8, 4) is 11.8 Å². The molecule has 0 bridgehead atoms. The zero-order valence-corrected chi connectivity index (χ0v) is 24.6. The molecule has 0 spiro atoms. The van der Waals surface area contributed by atoms with Crippen LogP contribution in [0.25, 0.3) is 0 Å². The number of imide groups is 1. The molecule has 3 aromatic rings. The maximum absolute atomic E-state index is 14.6. The van der Waals surface area contributed by atoms with Crippen molar-refractivity contribution in [1.82, 2.24) is 15.1 Å². The van der Waals surface area contributed by atoms with Crippen LogP contribution in [-0.4, -0.2) is 59.7 Å². The zero-order valence-electron chi connectivity index (χ0n) is 24.6. The summed E-state index contributed by atoms with van der Waals surface area (Å²) >= 11 is 0. The van der Waals surface area contributed by atoms with E-state index in [9.17, 15) is 18.8 Å². The van der Waals surface area contributed by atoms with E-state index >= 15 is 0 Å². The standard InChI is InChI=1S/C34H34FN5O4/c1-2-28(38-14-16-39(17-15-38)29-11-8-23(19-36)18-27(29)35)24-9-6-22(7-10-24)21-44-31-5-3-4-25-26(31)20-40(34(25)43)30-12-13-32(41)37-33(30)42/h3-11,18,28,30H,2,12-17,20-21H2,1H3,(H,37,41,42)/t28?,30-/m0/s1. The molecule has 1 unspecified atom stereocenters. The molecule has 2 saturated heterocycles. The minimum atomic E-state index is -0.667. The molecule has 0 saturated carbocycles. The number of halogens is 1. The van der Waals surface area contributed by atoms with Crippen LogP contribution in [0.1, 0.15) is 64.8 Å². The summed E-state index contributed by atoms with van der Waals surface area (Å²) in [6.45, 7) is 5.77. The number of fused-ring (bicyclic) bond motifs is 1. The maximum atomic E-state index is 14.6. The van der Waals surface area contributed by atoms with E-state index in [1.807, 2.05) is 17.0 Å². The van der Waals surface area contributed by atoms with E-state index in [4.69, 9.17) is 10.00 Å². The molecule has 3 aromatic carbocycles. The smallest absolute Gasteiger partial charge is 0.255 e. The Labute approximate surface area is 255 Å². The number of nitrogens with one attached hydrogen (secondary N) is 1. The van der Waals surface area contributed by atoms with Gasteiger partial charge in [-0.2, -0.15) is 5.26 Å². The summed E-state index contributed by atoms with van der Waals surface area (Å²) in [4.78, 5) is 43.1. The minimum absolute atomic E-state index is 0.212. The first-order chi connectivity index (χ1) is 21.4. The van der Waals surface area contributed by atoms with Crippen molar-refractivity contribution in [2.75, 3.05) is 31.1 Å². The van der Waals surface area contributed by atoms with E-state index in [1.54, 1.807) is 24.3 Å². The number of hydrogen-bond acceptors (Lipinski definition) is 7. The van der Waals surface area contributed by atoms with Crippen molar-refractivity contribution < 1.29 is 23.5 Å². The molecule has 3 heterocycles. The second-order valence-electron chi connectivity index (χ2n) is 11.4. The van der Waals surface area contributed by atoms with Crippen molar-refractivity contribution in [3.63, 3.8) is 0 Å². The predicted octanol–water partition coefficient (Wildman–Crippen LogP) is 4.31. The Balaban J connectivity index is 1.07. The lowest BCUT2D eigenvalue weighted by Gasteiger charge is -2.40. The summed E-state index contributed by atoms with van der Waals surface area (Å²) < 4.78 is 20.7. The molecule has 226 valence electrons. The first-order valence-electron chi connectivity index (χ1n) is 15.0. The van der Waals surface area contributed by atoms with Crippen molar-refractivity contribution in [2.24, 2.45) is 0 Å². The molecular formula is C34H34FN5O4. The average molecular weight is 596 g/mol. The van der Waals surface area contributed by atoms with Gasteiger partial charge >= 0.3 is 0 Å². The largest absolute Gasteiger partial charge is 0.489 e. The van der Waals surface area contributed by atoms with Crippen LogP contribution >= 0.6 is 0 Å². The van der Waals surface area contributed by atoms with Gasteiger partial charge in [0, 0.05) is 49.8 Å². The molecule has 3 aliphatic rings. The van der Waals surface area contributed by atoms with Crippen LogP contribution in [0.2, 0.25) is 0 Å². The Hall–Kier alpha value is -4.75. The lowest BCUT2D eigenvalue weighted by molar-refractivity contribution is -0.136. The van der Waals surface area contributed by atoms with Crippen LogP contribution in [0.3, 0.4) is 0 Å². The number of nitrogens with zero attached hydrogens (tertiary/aromatic N) is 4. The van der Waals surface area contributed by atoms with Crippen LogP contribution in [0.5, 0.6) is 5.75 Å². The number of nitriles is 1. The van der Waals surface area contributed by atoms with Crippen LogP contribution in [0.4, 0.5) is 10.1 Å². The summed E-state index contributed by atoms with van der Waals surface area (Å²) in [5, 5.41) is 11.4. The van der Waals surface area contributed by atoms with Gasteiger partial charge in [-0.1, -0.05) is 37.3 Å². The molecular weight excluding hydrogens is 561 g/mol. The molecule has 0 aromatic heterocycles. The topological polar surface area (TPSA) is 106 Å². The molecule has 44 heavy (non-hydrogen) atoms. The fourth-order valence-corrected chi connectivity index (χ4v) is 6.50. The van der Waals surface area contributed by atoms with Crippen molar-refractivity contribution in [3.05, 3.63) is 94.3 Å². The van der Waals surface area contributed by atoms with Gasteiger partial charge < -0.3 is 14.5 Å². The second kappa shape index (κ2) is 12.5. The van der Waals surface area contributed by atoms with Gasteiger partial charge in [0.2, 0.25) is 11.8 Å². The Morgan fingerprint density at radius 1 is 1.05 bits per heavy atom. The summed E-state index contributed by atoms with van der Waals surface area (Å²) in [5.41, 5.74) is 4.34. The van der Waals surface area contributed by atoms with Gasteiger partial charge in [0.05, 0.1) is 23.9 Å². The van der Waals surface area contributed by atoms with E-state index in [1.165, 1.54) is 16.5 Å². The van der Waals surface area contributed by atoms with Gasteiger partial charge in [0.25, 0.3) is 5.91 Å². The summed E-state index contributed by atoms with van der Waals surface area (Å²) in [5.74, 6) is -0.719. The number of anilines is 1. The Bertz CT molecular complexity index is 1630. The normalized spacial score (nSPS) is 19.4. The fraction of sp³-hybridized carbons (Fsp3) is 0.353. The predicted molar refractivity (Wildman–Crippen MR) is 161 cm³/mol. The number of benzene rings is 3. The molecule has 0 radical (unpaired) electrons. The van der Waals surface area contributed by atoms with E-state index in [0.717, 1.165) is 30.6 Å². The van der Waals surface area contributed by atoms with Crippen molar-refractivity contribution in [1.29, 1.82) is 5.26 Å². The van der Waals surface area contributed by atoms with E-state index in [-0.39, 0.29) is 36.6 Å². The molecule has 6 rings (SSSR count). The van der Waals surface area contributed by atoms with E-state index < -0.39 is 11.9 Å². The van der Waals surface area contributed by atoms with Gasteiger partial charge in [0.1, 0.15) is 24.2 Å². The van der Waals surface area contributed by atoms with Gasteiger partial charge in [-0.3, -0.25) is 24.6 Å². The van der Waals surface area contributed by atoms with Gasteiger partial charge in [-0.15, -0.1) is 0 Å². The quantitative estimate of drug-likeness (QED) is 0.387. The maximum Gasteiger partial charge on any atom is 0.255 e. The molecule has 2 fully saturated rings. The summed E-state index contributed by atoms with van der Waals surface area (Å²) in [6.07, 6.45) is 1.47. The zero-order chi connectivity index (χ0) is 30.8. The van der Waals surface area contributed by atoms with Crippen molar-refractivity contribution >= 4 is 23.4 Å². The number of carbonyl (C=O) groups is 3. The number of rotatable bonds is 8. The van der Waals surface area contributed by atoms with Gasteiger partial charge in [-0.25, -0.2) is 4.39 Å². The molecule has 3 amide bonds. The van der Waals surface area contributed by atoms with Crippen LogP contribution < -0.4 is 15.0 Å². The first-order valence-corrected chi connectivity index (χ1v) is 15.0.